The third kappa shape index (κ3) is 6.35. The number of likely N-dealkylation sites (tertiary alicyclic amines) is 1. The number of amides is 2. The lowest BCUT2D eigenvalue weighted by Gasteiger charge is -2.39. The highest BCUT2D eigenvalue weighted by Crippen LogP contribution is 2.36. The highest BCUT2D eigenvalue weighted by atomic mass is 35.5. The Kier molecular flexibility index (Phi) is 9.11. The van der Waals surface area contributed by atoms with Crippen LogP contribution in [0.25, 0.3) is 0 Å². The third-order valence-corrected chi connectivity index (χ3v) is 8.36. The fraction of sp³-hybridized carbons (Fsp3) is 0.517. The molecule has 10 heteroatoms. The van der Waals surface area contributed by atoms with Crippen LogP contribution in [0.15, 0.2) is 42.5 Å². The van der Waals surface area contributed by atoms with Gasteiger partial charge in [-0.05, 0) is 74.3 Å². The molecule has 2 saturated heterocycles. The molecule has 2 amide bonds. The van der Waals surface area contributed by atoms with Crippen molar-refractivity contribution in [3.8, 4) is 0 Å². The largest absolute Gasteiger partial charge is 0.371 e. The van der Waals surface area contributed by atoms with E-state index in [1.165, 1.54) is 15.9 Å². The highest BCUT2D eigenvalue weighted by Gasteiger charge is 2.50. The first kappa shape index (κ1) is 29.2. The Morgan fingerprint density at radius 3 is 2.18 bits per heavy atom. The van der Waals surface area contributed by atoms with Crippen molar-refractivity contribution in [1.29, 1.82) is 0 Å². The summed E-state index contributed by atoms with van der Waals surface area (Å²) >= 11 is 6.39. The normalized spacial score (nSPS) is 18.8. The number of benzene rings is 2. The highest BCUT2D eigenvalue weighted by molar-refractivity contribution is 6.34. The van der Waals surface area contributed by atoms with Crippen LogP contribution >= 0.6 is 11.6 Å². The van der Waals surface area contributed by atoms with Crippen molar-refractivity contribution in [2.75, 3.05) is 45.2 Å². The molecule has 0 aromatic heterocycles. The molecule has 39 heavy (non-hydrogen) atoms. The Labute approximate surface area is 232 Å². The number of nitrogens with zero attached hydrogens (tertiary/aromatic N) is 3. The number of anilines is 1. The van der Waals surface area contributed by atoms with Crippen LogP contribution in [0.3, 0.4) is 0 Å². The number of carbonyl (C=O) groups excluding carboxylic acids is 2. The zero-order valence-electron chi connectivity index (χ0n) is 22.3. The van der Waals surface area contributed by atoms with Crippen LogP contribution in [0.2, 0.25) is 5.02 Å². The second-order valence-corrected chi connectivity index (χ2v) is 11.3. The van der Waals surface area contributed by atoms with E-state index in [2.05, 4.69) is 4.90 Å². The SMILES string of the molecule is CN(C)C(=O)c1ccc(N2CCC(CC3CCN(C(=O)[C@](O)(c4cccc(F)c4)C(F)F)CC3)CC2)cc1Cl. The summed E-state index contributed by atoms with van der Waals surface area (Å²) in [4.78, 5) is 30.3. The average molecular weight is 566 g/mol. The predicted molar refractivity (Wildman–Crippen MR) is 145 cm³/mol. The quantitative estimate of drug-likeness (QED) is 0.503. The molecule has 2 aromatic carbocycles. The van der Waals surface area contributed by atoms with E-state index < -0.39 is 29.3 Å². The molecular weight excluding hydrogens is 531 g/mol. The molecule has 2 aliphatic heterocycles. The number of aliphatic hydroxyl groups is 1. The number of halogens is 4. The van der Waals surface area contributed by atoms with Gasteiger partial charge in [-0.1, -0.05) is 23.7 Å². The number of rotatable bonds is 7. The van der Waals surface area contributed by atoms with Gasteiger partial charge in [0.1, 0.15) is 5.82 Å². The summed E-state index contributed by atoms with van der Waals surface area (Å²) in [5.74, 6) is -1.12. The summed E-state index contributed by atoms with van der Waals surface area (Å²) in [6.07, 6.45) is 0.959. The van der Waals surface area contributed by atoms with E-state index in [-0.39, 0.29) is 19.0 Å². The molecule has 0 unspecified atom stereocenters. The second-order valence-electron chi connectivity index (χ2n) is 10.8. The van der Waals surface area contributed by atoms with Gasteiger partial charge in [-0.2, -0.15) is 0 Å². The van der Waals surface area contributed by atoms with Crippen LogP contribution in [0.1, 0.15) is 48.0 Å². The van der Waals surface area contributed by atoms with Gasteiger partial charge in [-0.25, -0.2) is 13.2 Å². The van der Waals surface area contributed by atoms with Gasteiger partial charge in [0.15, 0.2) is 0 Å². The second kappa shape index (κ2) is 12.2. The number of hydrogen-bond donors (Lipinski definition) is 1. The van der Waals surface area contributed by atoms with Gasteiger partial charge in [0.25, 0.3) is 18.2 Å². The molecule has 6 nitrogen and oxygen atoms in total. The van der Waals surface area contributed by atoms with Crippen LogP contribution in [-0.4, -0.2) is 73.4 Å². The molecule has 4 rings (SSSR count). The van der Waals surface area contributed by atoms with Gasteiger partial charge in [0, 0.05) is 51.5 Å². The van der Waals surface area contributed by atoms with E-state index in [1.54, 1.807) is 20.2 Å². The fourth-order valence-corrected chi connectivity index (χ4v) is 5.95. The predicted octanol–water partition coefficient (Wildman–Crippen LogP) is 5.18. The lowest BCUT2D eigenvalue weighted by molar-refractivity contribution is -0.173. The van der Waals surface area contributed by atoms with E-state index in [0.717, 1.165) is 56.2 Å². The van der Waals surface area contributed by atoms with Gasteiger partial charge < -0.3 is 19.8 Å². The summed E-state index contributed by atoms with van der Waals surface area (Å²) in [6.45, 7) is 2.30. The van der Waals surface area contributed by atoms with Crippen molar-refractivity contribution in [2.24, 2.45) is 11.8 Å². The number of alkyl halides is 2. The van der Waals surface area contributed by atoms with Crippen molar-refractivity contribution >= 4 is 29.1 Å². The van der Waals surface area contributed by atoms with E-state index in [9.17, 15) is 27.9 Å². The van der Waals surface area contributed by atoms with Crippen LogP contribution in [-0.2, 0) is 10.4 Å². The molecule has 2 aromatic rings. The zero-order chi connectivity index (χ0) is 28.3. The van der Waals surface area contributed by atoms with Crippen LogP contribution < -0.4 is 4.90 Å². The molecule has 0 bridgehead atoms. The molecule has 1 N–H and O–H groups in total. The third-order valence-electron chi connectivity index (χ3n) is 8.04. The lowest BCUT2D eigenvalue weighted by Crippen LogP contribution is -2.53. The molecule has 212 valence electrons. The number of piperidine rings is 2. The molecule has 1 atom stereocenters. The molecule has 2 heterocycles. The van der Waals surface area contributed by atoms with E-state index >= 15 is 0 Å². The molecule has 2 aliphatic rings. The molecule has 2 fully saturated rings. The average Bonchev–Trinajstić information content (AvgIpc) is 2.92. The summed E-state index contributed by atoms with van der Waals surface area (Å²) in [5.41, 5.74) is -2.03. The molecule has 0 aliphatic carbocycles. The van der Waals surface area contributed by atoms with Crippen molar-refractivity contribution in [2.45, 2.75) is 44.1 Å². The number of carbonyl (C=O) groups is 2. The zero-order valence-corrected chi connectivity index (χ0v) is 23.0. The molecule has 0 radical (unpaired) electrons. The summed E-state index contributed by atoms with van der Waals surface area (Å²) in [7, 11) is 3.38. The smallest absolute Gasteiger partial charge is 0.280 e. The first-order valence-electron chi connectivity index (χ1n) is 13.3. The maximum absolute atomic E-state index is 13.9. The topological polar surface area (TPSA) is 64.1 Å². The first-order chi connectivity index (χ1) is 18.5. The fourth-order valence-electron chi connectivity index (χ4n) is 5.69. The van der Waals surface area contributed by atoms with Gasteiger partial charge in [0.2, 0.25) is 5.60 Å². The van der Waals surface area contributed by atoms with E-state index in [4.69, 9.17) is 11.6 Å². The monoisotopic (exact) mass is 565 g/mol. The lowest BCUT2D eigenvalue weighted by atomic mass is 9.82. The maximum Gasteiger partial charge on any atom is 0.280 e. The van der Waals surface area contributed by atoms with E-state index in [1.807, 2.05) is 12.1 Å². The molecule has 0 saturated carbocycles. The Hall–Kier alpha value is -2.78. The summed E-state index contributed by atoms with van der Waals surface area (Å²) in [6, 6.07) is 9.76. The van der Waals surface area contributed by atoms with Crippen LogP contribution in [0.4, 0.5) is 18.9 Å². The minimum absolute atomic E-state index is 0.133. The van der Waals surface area contributed by atoms with Gasteiger partial charge >= 0.3 is 0 Å². The van der Waals surface area contributed by atoms with Crippen molar-refractivity contribution in [3.05, 3.63) is 64.4 Å². The minimum atomic E-state index is -3.38. The van der Waals surface area contributed by atoms with Gasteiger partial charge in [-0.15, -0.1) is 0 Å². The van der Waals surface area contributed by atoms with Crippen LogP contribution in [0.5, 0.6) is 0 Å². The first-order valence-corrected chi connectivity index (χ1v) is 13.7. The van der Waals surface area contributed by atoms with Crippen molar-refractivity contribution in [1.82, 2.24) is 9.80 Å². The Morgan fingerprint density at radius 2 is 1.64 bits per heavy atom. The standard InChI is InChI=1S/C29H35ClF3N3O3/c1-34(2)26(37)24-7-6-23(18-25(24)30)35-12-8-19(9-13-35)16-20-10-14-36(15-11-20)28(38)29(39,27(32)33)21-4-3-5-22(31)17-21/h3-7,17-20,27,39H,8-16H2,1-2H3/t29-/m0/s1. The van der Waals surface area contributed by atoms with Crippen LogP contribution in [0, 0.1) is 17.7 Å². The Bertz CT molecular complexity index is 1180. The summed E-state index contributed by atoms with van der Waals surface area (Å²) in [5, 5.41) is 11.1. The number of hydrogen-bond acceptors (Lipinski definition) is 4. The Morgan fingerprint density at radius 1 is 1.03 bits per heavy atom. The van der Waals surface area contributed by atoms with Gasteiger partial charge in [0.05, 0.1) is 10.6 Å². The minimum Gasteiger partial charge on any atom is -0.371 e. The van der Waals surface area contributed by atoms with Crippen molar-refractivity contribution < 1.29 is 27.9 Å². The Balaban J connectivity index is 1.28. The maximum atomic E-state index is 13.9. The van der Waals surface area contributed by atoms with Crippen molar-refractivity contribution in [3.63, 3.8) is 0 Å². The van der Waals surface area contributed by atoms with Gasteiger partial charge in [-0.3, -0.25) is 9.59 Å². The van der Waals surface area contributed by atoms with E-state index in [0.29, 0.717) is 35.3 Å². The molecular formula is C29H35ClF3N3O3. The summed E-state index contributed by atoms with van der Waals surface area (Å²) < 4.78 is 41.5. The molecule has 0 spiro atoms.